The second-order valence-electron chi connectivity index (χ2n) is 4.92. The van der Waals surface area contributed by atoms with E-state index in [-0.39, 0.29) is 0 Å². The number of piperazine rings is 1. The molecule has 0 spiro atoms. The van der Waals surface area contributed by atoms with E-state index in [0.29, 0.717) is 6.61 Å². The number of rotatable bonds is 6. The Hall–Kier alpha value is -1.60. The average molecular weight is 295 g/mol. The summed E-state index contributed by atoms with van der Waals surface area (Å²) in [5.41, 5.74) is 0.989. The largest absolute Gasteiger partial charge is 0.380 e. The van der Waals surface area contributed by atoms with Crippen molar-refractivity contribution in [2.24, 2.45) is 4.99 Å². The second kappa shape index (κ2) is 8.63. The van der Waals surface area contributed by atoms with E-state index >= 15 is 0 Å². The second-order valence-corrected chi connectivity index (χ2v) is 4.92. The molecule has 1 saturated heterocycles. The monoisotopic (exact) mass is 295 g/mol. The lowest BCUT2D eigenvalue weighted by atomic mass is 10.3. The van der Waals surface area contributed by atoms with Crippen molar-refractivity contribution in [1.29, 1.82) is 0 Å². The Morgan fingerprint density at radius 2 is 2.24 bits per heavy atom. The molecule has 1 aromatic rings. The van der Waals surface area contributed by atoms with Crippen molar-refractivity contribution < 1.29 is 9.26 Å². The normalized spacial score (nSPS) is 17.2. The molecule has 1 aliphatic rings. The number of ether oxygens (including phenoxy) is 1. The number of nitrogens with zero attached hydrogens (tertiary/aromatic N) is 4. The third-order valence-corrected chi connectivity index (χ3v) is 3.49. The van der Waals surface area contributed by atoms with Gasteiger partial charge in [-0.1, -0.05) is 5.16 Å². The van der Waals surface area contributed by atoms with Gasteiger partial charge in [0.15, 0.2) is 5.96 Å². The van der Waals surface area contributed by atoms with E-state index in [2.05, 4.69) is 25.3 Å². The van der Waals surface area contributed by atoms with Crippen LogP contribution in [0.3, 0.4) is 0 Å². The van der Waals surface area contributed by atoms with Crippen LogP contribution in [-0.4, -0.2) is 73.9 Å². The number of nitrogens with one attached hydrogen (secondary N) is 1. The van der Waals surface area contributed by atoms with Gasteiger partial charge in [0.2, 0.25) is 0 Å². The molecule has 2 heterocycles. The Balaban J connectivity index is 1.71. The Kier molecular flexibility index (Phi) is 6.49. The molecule has 21 heavy (non-hydrogen) atoms. The number of hydrogen-bond donors (Lipinski definition) is 1. The predicted octanol–water partition coefficient (Wildman–Crippen LogP) is 0.404. The van der Waals surface area contributed by atoms with Gasteiger partial charge >= 0.3 is 0 Å². The molecule has 0 saturated carbocycles. The van der Waals surface area contributed by atoms with Crippen molar-refractivity contribution in [3.63, 3.8) is 0 Å². The first-order valence-corrected chi connectivity index (χ1v) is 7.48. The van der Waals surface area contributed by atoms with Crippen LogP contribution in [0, 0.1) is 0 Å². The van der Waals surface area contributed by atoms with Crippen molar-refractivity contribution in [2.75, 3.05) is 53.0 Å². The van der Waals surface area contributed by atoms with Gasteiger partial charge in [0.1, 0.15) is 6.26 Å². The molecule has 0 amide bonds. The SMILES string of the molecule is CCOCCNC(=NC)N1CCN(Cc2ccon2)CC1. The Labute approximate surface area is 125 Å². The molecule has 7 heteroatoms. The maximum absolute atomic E-state index is 5.33. The molecule has 1 N–H and O–H groups in total. The van der Waals surface area contributed by atoms with Gasteiger partial charge in [-0.05, 0) is 6.92 Å². The Morgan fingerprint density at radius 3 is 2.86 bits per heavy atom. The minimum Gasteiger partial charge on any atom is -0.380 e. The highest BCUT2D eigenvalue weighted by atomic mass is 16.5. The molecule has 1 fully saturated rings. The number of aromatic nitrogens is 1. The van der Waals surface area contributed by atoms with Gasteiger partial charge in [0.25, 0.3) is 0 Å². The lowest BCUT2D eigenvalue weighted by Gasteiger charge is -2.36. The summed E-state index contributed by atoms with van der Waals surface area (Å²) >= 11 is 0. The van der Waals surface area contributed by atoms with E-state index in [9.17, 15) is 0 Å². The quantitative estimate of drug-likeness (QED) is 0.466. The van der Waals surface area contributed by atoms with Gasteiger partial charge in [-0.25, -0.2) is 0 Å². The summed E-state index contributed by atoms with van der Waals surface area (Å²) in [4.78, 5) is 9.00. The average Bonchev–Trinajstić information content (AvgIpc) is 3.02. The highest BCUT2D eigenvalue weighted by Crippen LogP contribution is 2.07. The summed E-state index contributed by atoms with van der Waals surface area (Å²) < 4.78 is 10.2. The fraction of sp³-hybridized carbons (Fsp3) is 0.714. The van der Waals surface area contributed by atoms with Crippen LogP contribution in [-0.2, 0) is 11.3 Å². The molecular formula is C14H25N5O2. The molecule has 2 rings (SSSR count). The molecule has 7 nitrogen and oxygen atoms in total. The Morgan fingerprint density at radius 1 is 1.43 bits per heavy atom. The molecule has 0 aromatic carbocycles. The van der Waals surface area contributed by atoms with E-state index in [4.69, 9.17) is 9.26 Å². The first-order chi connectivity index (χ1) is 10.3. The maximum Gasteiger partial charge on any atom is 0.193 e. The van der Waals surface area contributed by atoms with Gasteiger partial charge in [-0.15, -0.1) is 0 Å². The van der Waals surface area contributed by atoms with Crippen LogP contribution in [0.15, 0.2) is 21.8 Å². The van der Waals surface area contributed by atoms with Crippen LogP contribution < -0.4 is 5.32 Å². The number of aliphatic imine (C=N–C) groups is 1. The maximum atomic E-state index is 5.33. The first-order valence-electron chi connectivity index (χ1n) is 7.48. The lowest BCUT2D eigenvalue weighted by molar-refractivity contribution is 0.148. The predicted molar refractivity (Wildman–Crippen MR) is 81.2 cm³/mol. The fourth-order valence-corrected chi connectivity index (χ4v) is 2.38. The topological polar surface area (TPSA) is 66.1 Å². The van der Waals surface area contributed by atoms with Crippen molar-refractivity contribution >= 4 is 5.96 Å². The zero-order chi connectivity index (χ0) is 14.9. The van der Waals surface area contributed by atoms with Crippen molar-refractivity contribution in [2.45, 2.75) is 13.5 Å². The molecule has 0 aliphatic carbocycles. The lowest BCUT2D eigenvalue weighted by Crippen LogP contribution is -2.52. The van der Waals surface area contributed by atoms with E-state index < -0.39 is 0 Å². The summed E-state index contributed by atoms with van der Waals surface area (Å²) in [6, 6.07) is 1.92. The summed E-state index contributed by atoms with van der Waals surface area (Å²) in [6.45, 7) is 9.03. The zero-order valence-corrected chi connectivity index (χ0v) is 12.9. The van der Waals surface area contributed by atoms with E-state index in [1.807, 2.05) is 20.0 Å². The molecule has 0 atom stereocenters. The summed E-state index contributed by atoms with van der Waals surface area (Å²) in [5.74, 6) is 0.954. The number of guanidine groups is 1. The molecule has 0 unspecified atom stereocenters. The van der Waals surface area contributed by atoms with E-state index in [0.717, 1.165) is 57.5 Å². The summed E-state index contributed by atoms with van der Waals surface area (Å²) in [5, 5.41) is 7.30. The van der Waals surface area contributed by atoms with Crippen molar-refractivity contribution in [1.82, 2.24) is 20.3 Å². The smallest absolute Gasteiger partial charge is 0.193 e. The van der Waals surface area contributed by atoms with Crippen LogP contribution in [0.1, 0.15) is 12.6 Å². The standard InChI is InChI=1S/C14H25N5O2/c1-3-20-11-5-16-14(15-2)19-8-6-18(7-9-19)12-13-4-10-21-17-13/h4,10H,3,5-9,11-12H2,1-2H3,(H,15,16). The van der Waals surface area contributed by atoms with Crippen LogP contribution in [0.25, 0.3) is 0 Å². The third kappa shape index (κ3) is 5.02. The highest BCUT2D eigenvalue weighted by Gasteiger charge is 2.19. The molecule has 1 aliphatic heterocycles. The summed E-state index contributed by atoms with van der Waals surface area (Å²) in [7, 11) is 1.82. The minimum atomic E-state index is 0.710. The third-order valence-electron chi connectivity index (χ3n) is 3.49. The first kappa shape index (κ1) is 15.8. The van der Waals surface area contributed by atoms with E-state index in [1.165, 1.54) is 0 Å². The van der Waals surface area contributed by atoms with E-state index in [1.54, 1.807) is 6.26 Å². The van der Waals surface area contributed by atoms with Gasteiger partial charge in [-0.2, -0.15) is 0 Å². The van der Waals surface area contributed by atoms with Crippen LogP contribution in [0.2, 0.25) is 0 Å². The van der Waals surface area contributed by atoms with Gasteiger partial charge in [0.05, 0.1) is 12.3 Å². The molecule has 0 radical (unpaired) electrons. The minimum absolute atomic E-state index is 0.710. The molecule has 1 aromatic heterocycles. The Bertz CT molecular complexity index is 413. The van der Waals surface area contributed by atoms with Gasteiger partial charge in [0, 0.05) is 59.0 Å². The van der Waals surface area contributed by atoms with Gasteiger partial charge in [-0.3, -0.25) is 9.89 Å². The number of hydrogen-bond acceptors (Lipinski definition) is 5. The van der Waals surface area contributed by atoms with Crippen molar-refractivity contribution in [3.05, 3.63) is 18.0 Å². The highest BCUT2D eigenvalue weighted by molar-refractivity contribution is 5.79. The fourth-order valence-electron chi connectivity index (χ4n) is 2.38. The molecular weight excluding hydrogens is 270 g/mol. The van der Waals surface area contributed by atoms with Crippen molar-refractivity contribution in [3.8, 4) is 0 Å². The summed E-state index contributed by atoms with van der Waals surface area (Å²) in [6.07, 6.45) is 1.62. The molecule has 0 bridgehead atoms. The van der Waals surface area contributed by atoms with Crippen LogP contribution >= 0.6 is 0 Å². The van der Waals surface area contributed by atoms with Gasteiger partial charge < -0.3 is 19.5 Å². The van der Waals surface area contributed by atoms with Crippen LogP contribution in [0.4, 0.5) is 0 Å². The van der Waals surface area contributed by atoms with Crippen LogP contribution in [0.5, 0.6) is 0 Å². The zero-order valence-electron chi connectivity index (χ0n) is 12.9. The molecule has 118 valence electrons.